The SMILES string of the molecule is CCCC(C)COc1ncncc1Br. The number of hydrogen-bond donors (Lipinski definition) is 0. The third-order valence-corrected chi connectivity index (χ3v) is 2.46. The fraction of sp³-hybridized carbons (Fsp3) is 0.600. The van der Waals surface area contributed by atoms with Crippen molar-refractivity contribution in [2.75, 3.05) is 6.61 Å². The van der Waals surface area contributed by atoms with Crippen LogP contribution in [-0.2, 0) is 0 Å². The summed E-state index contributed by atoms with van der Waals surface area (Å²) in [5.41, 5.74) is 0. The molecule has 0 aliphatic heterocycles. The van der Waals surface area contributed by atoms with Crippen LogP contribution in [0, 0.1) is 5.92 Å². The van der Waals surface area contributed by atoms with E-state index in [1.807, 2.05) is 0 Å². The van der Waals surface area contributed by atoms with Gasteiger partial charge in [-0.25, -0.2) is 9.97 Å². The highest BCUT2D eigenvalue weighted by Crippen LogP contribution is 2.20. The van der Waals surface area contributed by atoms with Gasteiger partial charge in [0.1, 0.15) is 6.33 Å². The Morgan fingerprint density at radius 1 is 1.57 bits per heavy atom. The topological polar surface area (TPSA) is 35.0 Å². The Kier molecular flexibility index (Phi) is 4.87. The molecule has 1 aromatic heterocycles. The first-order valence-corrected chi connectivity index (χ1v) is 5.61. The Morgan fingerprint density at radius 3 is 3.00 bits per heavy atom. The Bertz CT molecular complexity index is 281. The zero-order valence-electron chi connectivity index (χ0n) is 8.53. The van der Waals surface area contributed by atoms with Crippen molar-refractivity contribution in [3.05, 3.63) is 17.0 Å². The minimum Gasteiger partial charge on any atom is -0.477 e. The second kappa shape index (κ2) is 5.96. The molecule has 0 radical (unpaired) electrons. The van der Waals surface area contributed by atoms with Crippen LogP contribution in [0.3, 0.4) is 0 Å². The van der Waals surface area contributed by atoms with E-state index in [2.05, 4.69) is 39.7 Å². The summed E-state index contributed by atoms with van der Waals surface area (Å²) in [7, 11) is 0. The first-order chi connectivity index (χ1) is 6.74. The third kappa shape index (κ3) is 3.62. The van der Waals surface area contributed by atoms with Crippen molar-refractivity contribution in [3.8, 4) is 5.88 Å². The molecule has 1 heterocycles. The van der Waals surface area contributed by atoms with Gasteiger partial charge >= 0.3 is 0 Å². The summed E-state index contributed by atoms with van der Waals surface area (Å²) >= 11 is 3.34. The van der Waals surface area contributed by atoms with Crippen LogP contribution in [0.2, 0.25) is 0 Å². The lowest BCUT2D eigenvalue weighted by atomic mass is 10.1. The fourth-order valence-corrected chi connectivity index (χ4v) is 1.54. The minimum absolute atomic E-state index is 0.571. The lowest BCUT2D eigenvalue weighted by Crippen LogP contribution is -2.09. The van der Waals surface area contributed by atoms with Gasteiger partial charge in [0.05, 0.1) is 11.1 Å². The van der Waals surface area contributed by atoms with Gasteiger partial charge in [-0.15, -0.1) is 0 Å². The zero-order chi connectivity index (χ0) is 10.4. The van der Waals surface area contributed by atoms with Gasteiger partial charge in [0.15, 0.2) is 0 Å². The van der Waals surface area contributed by atoms with E-state index in [4.69, 9.17) is 4.74 Å². The molecule has 0 N–H and O–H groups in total. The van der Waals surface area contributed by atoms with Crippen molar-refractivity contribution in [1.29, 1.82) is 0 Å². The lowest BCUT2D eigenvalue weighted by molar-refractivity contribution is 0.241. The average Bonchev–Trinajstić information content (AvgIpc) is 2.17. The van der Waals surface area contributed by atoms with E-state index in [9.17, 15) is 0 Å². The first-order valence-electron chi connectivity index (χ1n) is 4.82. The van der Waals surface area contributed by atoms with Crippen molar-refractivity contribution >= 4 is 15.9 Å². The molecule has 1 atom stereocenters. The van der Waals surface area contributed by atoms with Crippen LogP contribution in [0.1, 0.15) is 26.7 Å². The van der Waals surface area contributed by atoms with E-state index in [-0.39, 0.29) is 0 Å². The number of aromatic nitrogens is 2. The Labute approximate surface area is 93.0 Å². The van der Waals surface area contributed by atoms with Crippen molar-refractivity contribution in [1.82, 2.24) is 9.97 Å². The van der Waals surface area contributed by atoms with E-state index in [0.717, 1.165) is 4.47 Å². The Morgan fingerprint density at radius 2 is 2.36 bits per heavy atom. The van der Waals surface area contributed by atoms with E-state index >= 15 is 0 Å². The summed E-state index contributed by atoms with van der Waals surface area (Å²) in [5, 5.41) is 0. The van der Waals surface area contributed by atoms with Crippen LogP contribution < -0.4 is 4.74 Å². The number of hydrogen-bond acceptors (Lipinski definition) is 3. The van der Waals surface area contributed by atoms with Crippen molar-refractivity contribution < 1.29 is 4.74 Å². The molecule has 0 fully saturated rings. The molecule has 4 heteroatoms. The normalized spacial score (nSPS) is 12.5. The Hall–Kier alpha value is -0.640. The zero-order valence-corrected chi connectivity index (χ0v) is 10.1. The molecule has 1 rings (SSSR count). The summed E-state index contributed by atoms with van der Waals surface area (Å²) in [5.74, 6) is 1.20. The molecule has 0 saturated carbocycles. The van der Waals surface area contributed by atoms with Crippen LogP contribution >= 0.6 is 15.9 Å². The molecule has 0 amide bonds. The molecule has 0 aliphatic rings. The minimum atomic E-state index is 0.571. The number of ether oxygens (including phenoxy) is 1. The number of rotatable bonds is 5. The molecule has 0 spiro atoms. The predicted molar refractivity (Wildman–Crippen MR) is 59.3 cm³/mol. The standard InChI is InChI=1S/C10H15BrN2O/c1-3-4-8(2)6-14-10-9(11)5-12-7-13-10/h5,7-8H,3-4,6H2,1-2H3. The third-order valence-electron chi connectivity index (χ3n) is 1.92. The quantitative estimate of drug-likeness (QED) is 0.815. The maximum absolute atomic E-state index is 5.55. The number of halogens is 1. The summed E-state index contributed by atoms with van der Waals surface area (Å²) in [4.78, 5) is 7.90. The van der Waals surface area contributed by atoms with E-state index < -0.39 is 0 Å². The van der Waals surface area contributed by atoms with E-state index in [0.29, 0.717) is 18.4 Å². The molecule has 0 bridgehead atoms. The molecule has 78 valence electrons. The maximum Gasteiger partial charge on any atom is 0.231 e. The van der Waals surface area contributed by atoms with Crippen LogP contribution in [0.5, 0.6) is 5.88 Å². The molecule has 1 aromatic rings. The first kappa shape index (κ1) is 11.4. The van der Waals surface area contributed by atoms with Gasteiger partial charge in [-0.2, -0.15) is 0 Å². The molecule has 1 unspecified atom stereocenters. The largest absolute Gasteiger partial charge is 0.477 e. The smallest absolute Gasteiger partial charge is 0.231 e. The van der Waals surface area contributed by atoms with Gasteiger partial charge in [0, 0.05) is 6.20 Å². The van der Waals surface area contributed by atoms with Gasteiger partial charge in [-0.05, 0) is 28.3 Å². The predicted octanol–water partition coefficient (Wildman–Crippen LogP) is 3.05. The second-order valence-electron chi connectivity index (χ2n) is 3.38. The maximum atomic E-state index is 5.55. The van der Waals surface area contributed by atoms with E-state index in [1.165, 1.54) is 19.2 Å². The molecular formula is C10H15BrN2O. The number of nitrogens with zero attached hydrogens (tertiary/aromatic N) is 2. The molecule has 0 saturated heterocycles. The molecule has 0 aliphatic carbocycles. The molecular weight excluding hydrogens is 244 g/mol. The highest BCUT2D eigenvalue weighted by molar-refractivity contribution is 9.10. The molecule has 0 aromatic carbocycles. The van der Waals surface area contributed by atoms with Gasteiger partial charge in [-0.1, -0.05) is 20.3 Å². The van der Waals surface area contributed by atoms with Gasteiger partial charge in [0.2, 0.25) is 5.88 Å². The lowest BCUT2D eigenvalue weighted by Gasteiger charge is -2.11. The monoisotopic (exact) mass is 258 g/mol. The summed E-state index contributed by atoms with van der Waals surface area (Å²) in [6.07, 6.45) is 5.55. The van der Waals surface area contributed by atoms with Gasteiger partial charge < -0.3 is 4.74 Å². The summed E-state index contributed by atoms with van der Waals surface area (Å²) in [6, 6.07) is 0. The van der Waals surface area contributed by atoms with E-state index in [1.54, 1.807) is 6.20 Å². The van der Waals surface area contributed by atoms with Crippen LogP contribution in [0.4, 0.5) is 0 Å². The van der Waals surface area contributed by atoms with Crippen LogP contribution in [-0.4, -0.2) is 16.6 Å². The van der Waals surface area contributed by atoms with Crippen molar-refractivity contribution in [3.63, 3.8) is 0 Å². The second-order valence-corrected chi connectivity index (χ2v) is 4.24. The molecule has 14 heavy (non-hydrogen) atoms. The highest BCUT2D eigenvalue weighted by atomic mass is 79.9. The Balaban J connectivity index is 2.41. The highest BCUT2D eigenvalue weighted by Gasteiger charge is 2.05. The summed E-state index contributed by atoms with van der Waals surface area (Å²) < 4.78 is 6.36. The summed E-state index contributed by atoms with van der Waals surface area (Å²) in [6.45, 7) is 5.07. The van der Waals surface area contributed by atoms with Crippen molar-refractivity contribution in [2.24, 2.45) is 5.92 Å². The van der Waals surface area contributed by atoms with Gasteiger partial charge in [-0.3, -0.25) is 0 Å². The van der Waals surface area contributed by atoms with Gasteiger partial charge in [0.25, 0.3) is 0 Å². The fourth-order valence-electron chi connectivity index (χ4n) is 1.20. The molecule has 3 nitrogen and oxygen atoms in total. The average molecular weight is 259 g/mol. The van der Waals surface area contributed by atoms with Crippen LogP contribution in [0.15, 0.2) is 17.0 Å². The van der Waals surface area contributed by atoms with Crippen molar-refractivity contribution in [2.45, 2.75) is 26.7 Å². The van der Waals surface area contributed by atoms with Crippen LogP contribution in [0.25, 0.3) is 0 Å².